The molecule has 23 heavy (non-hydrogen) atoms. The quantitative estimate of drug-likeness (QED) is 0.843. The van der Waals surface area contributed by atoms with E-state index in [2.05, 4.69) is 0 Å². The van der Waals surface area contributed by atoms with Crippen LogP contribution in [-0.4, -0.2) is 22.5 Å². The number of benzene rings is 1. The van der Waals surface area contributed by atoms with E-state index in [-0.39, 0.29) is 25.3 Å². The molecular weight excluding hydrogens is 316 g/mol. The molecule has 2 aromatic rings. The molecule has 0 radical (unpaired) electrons. The molecule has 1 amide bonds. The van der Waals surface area contributed by atoms with Crippen LogP contribution in [0.4, 0.5) is 0 Å². The predicted octanol–water partition coefficient (Wildman–Crippen LogP) is 3.30. The van der Waals surface area contributed by atoms with Crippen molar-refractivity contribution in [3.63, 3.8) is 0 Å². The van der Waals surface area contributed by atoms with E-state index < -0.39 is 6.10 Å². The summed E-state index contributed by atoms with van der Waals surface area (Å²) in [5.74, 6) is 0.399. The van der Waals surface area contributed by atoms with E-state index in [0.717, 1.165) is 0 Å². The lowest BCUT2D eigenvalue weighted by molar-refractivity contribution is -0.134. The van der Waals surface area contributed by atoms with Gasteiger partial charge in [-0.1, -0.05) is 23.7 Å². The number of rotatable bonds is 7. The third kappa shape index (κ3) is 5.13. The van der Waals surface area contributed by atoms with Crippen molar-refractivity contribution in [2.75, 3.05) is 6.54 Å². The molecule has 1 aromatic carbocycles. The summed E-state index contributed by atoms with van der Waals surface area (Å²) in [6.45, 7) is 0.574. The predicted molar refractivity (Wildman–Crippen MR) is 85.4 cm³/mol. The molecule has 2 rings (SSSR count). The topological polar surface area (TPSA) is 77.5 Å². The average molecular weight is 333 g/mol. The summed E-state index contributed by atoms with van der Waals surface area (Å²) in [6, 6.07) is 12.2. The van der Waals surface area contributed by atoms with E-state index in [4.69, 9.17) is 21.3 Å². The fraction of sp³-hybridized carbons (Fsp3) is 0.294. The van der Waals surface area contributed by atoms with Gasteiger partial charge in [0.25, 0.3) is 0 Å². The Labute approximate surface area is 139 Å². The zero-order valence-corrected chi connectivity index (χ0v) is 13.2. The van der Waals surface area contributed by atoms with Crippen molar-refractivity contribution < 1.29 is 14.3 Å². The van der Waals surface area contributed by atoms with E-state index in [9.17, 15) is 9.90 Å². The molecule has 5 nitrogen and oxygen atoms in total. The first-order valence-corrected chi connectivity index (χ1v) is 7.58. The minimum atomic E-state index is -0.916. The van der Waals surface area contributed by atoms with Crippen LogP contribution in [0.2, 0.25) is 5.02 Å². The van der Waals surface area contributed by atoms with Crippen molar-refractivity contribution in [2.45, 2.75) is 25.5 Å². The number of furan rings is 1. The third-order valence-corrected chi connectivity index (χ3v) is 3.65. The summed E-state index contributed by atoms with van der Waals surface area (Å²) < 4.78 is 5.24. The molecule has 6 heteroatoms. The van der Waals surface area contributed by atoms with E-state index >= 15 is 0 Å². The lowest BCUT2D eigenvalue weighted by Crippen LogP contribution is -2.32. The van der Waals surface area contributed by atoms with Gasteiger partial charge in [-0.2, -0.15) is 5.26 Å². The van der Waals surface area contributed by atoms with Gasteiger partial charge in [-0.05, 0) is 29.8 Å². The number of carbonyl (C=O) groups excluding carboxylic acids is 1. The van der Waals surface area contributed by atoms with Crippen LogP contribution in [0.25, 0.3) is 0 Å². The minimum Gasteiger partial charge on any atom is -0.467 e. The summed E-state index contributed by atoms with van der Waals surface area (Å²) in [6.07, 6.45) is 0.781. The largest absolute Gasteiger partial charge is 0.467 e. The number of amides is 1. The monoisotopic (exact) mass is 332 g/mol. The normalized spacial score (nSPS) is 11.7. The molecule has 1 aromatic heterocycles. The molecule has 1 N–H and O–H groups in total. The third-order valence-electron chi connectivity index (χ3n) is 3.40. The first-order valence-electron chi connectivity index (χ1n) is 7.21. The Balaban J connectivity index is 2.01. The SMILES string of the molecule is N#CCCN(Cc1ccco1)C(=O)CC(O)c1ccc(Cl)cc1. The molecule has 0 saturated carbocycles. The molecule has 0 saturated heterocycles. The second kappa shape index (κ2) is 8.37. The first kappa shape index (κ1) is 17.1. The number of aliphatic hydroxyl groups excluding tert-OH is 1. The van der Waals surface area contributed by atoms with E-state index in [1.165, 1.54) is 11.2 Å². The minimum absolute atomic E-state index is 0.0617. The Morgan fingerprint density at radius 2 is 2.09 bits per heavy atom. The summed E-state index contributed by atoms with van der Waals surface area (Å²) >= 11 is 5.81. The smallest absolute Gasteiger partial charge is 0.225 e. The number of aliphatic hydroxyl groups is 1. The molecule has 1 unspecified atom stereocenters. The highest BCUT2D eigenvalue weighted by Crippen LogP contribution is 2.20. The second-order valence-electron chi connectivity index (χ2n) is 5.07. The molecule has 1 atom stereocenters. The van der Waals surface area contributed by atoms with Gasteiger partial charge in [0, 0.05) is 11.6 Å². The van der Waals surface area contributed by atoms with Crippen LogP contribution in [0.3, 0.4) is 0 Å². The van der Waals surface area contributed by atoms with Crippen LogP contribution in [0.1, 0.15) is 30.3 Å². The van der Waals surface area contributed by atoms with E-state index in [0.29, 0.717) is 22.9 Å². The van der Waals surface area contributed by atoms with Crippen LogP contribution in [0, 0.1) is 11.3 Å². The summed E-state index contributed by atoms with van der Waals surface area (Å²) in [7, 11) is 0. The molecule has 0 bridgehead atoms. The van der Waals surface area contributed by atoms with E-state index in [1.807, 2.05) is 6.07 Å². The fourth-order valence-electron chi connectivity index (χ4n) is 2.16. The maximum Gasteiger partial charge on any atom is 0.225 e. The number of hydrogen-bond acceptors (Lipinski definition) is 4. The van der Waals surface area contributed by atoms with Gasteiger partial charge in [0.15, 0.2) is 0 Å². The highest BCUT2D eigenvalue weighted by molar-refractivity contribution is 6.30. The number of hydrogen-bond donors (Lipinski definition) is 1. The van der Waals surface area contributed by atoms with Crippen LogP contribution in [-0.2, 0) is 11.3 Å². The zero-order chi connectivity index (χ0) is 16.7. The van der Waals surface area contributed by atoms with Crippen molar-refractivity contribution >= 4 is 17.5 Å². The van der Waals surface area contributed by atoms with Gasteiger partial charge >= 0.3 is 0 Å². The lowest BCUT2D eigenvalue weighted by atomic mass is 10.1. The van der Waals surface area contributed by atoms with Crippen molar-refractivity contribution in [3.05, 3.63) is 59.0 Å². The van der Waals surface area contributed by atoms with Crippen LogP contribution in [0.5, 0.6) is 0 Å². The number of nitriles is 1. The average Bonchev–Trinajstić information content (AvgIpc) is 3.05. The molecule has 0 spiro atoms. The molecule has 0 aliphatic carbocycles. The highest BCUT2D eigenvalue weighted by Gasteiger charge is 2.20. The van der Waals surface area contributed by atoms with E-state index in [1.54, 1.807) is 36.4 Å². The summed E-state index contributed by atoms with van der Waals surface area (Å²) in [4.78, 5) is 13.9. The summed E-state index contributed by atoms with van der Waals surface area (Å²) in [5, 5.41) is 19.5. The summed E-state index contributed by atoms with van der Waals surface area (Å²) in [5.41, 5.74) is 0.626. The van der Waals surface area contributed by atoms with Gasteiger partial charge in [0.1, 0.15) is 5.76 Å². The fourth-order valence-corrected chi connectivity index (χ4v) is 2.29. The van der Waals surface area contributed by atoms with Gasteiger partial charge in [0.05, 0.1) is 37.8 Å². The van der Waals surface area contributed by atoms with Gasteiger partial charge in [-0.3, -0.25) is 4.79 Å². The van der Waals surface area contributed by atoms with Gasteiger partial charge in [-0.25, -0.2) is 0 Å². The van der Waals surface area contributed by atoms with Crippen LogP contribution in [0.15, 0.2) is 47.1 Å². The Morgan fingerprint density at radius 3 is 2.70 bits per heavy atom. The number of nitrogens with zero attached hydrogens (tertiary/aromatic N) is 2. The van der Waals surface area contributed by atoms with Gasteiger partial charge < -0.3 is 14.4 Å². The second-order valence-corrected chi connectivity index (χ2v) is 5.51. The maximum atomic E-state index is 12.4. The number of carbonyl (C=O) groups is 1. The molecule has 0 aliphatic heterocycles. The van der Waals surface area contributed by atoms with Crippen LogP contribution < -0.4 is 0 Å². The maximum absolute atomic E-state index is 12.4. The first-order chi connectivity index (χ1) is 11.1. The Morgan fingerprint density at radius 1 is 1.35 bits per heavy atom. The van der Waals surface area contributed by atoms with Gasteiger partial charge in [0.2, 0.25) is 5.91 Å². The Bertz CT molecular complexity index is 662. The van der Waals surface area contributed by atoms with Crippen molar-refractivity contribution in [1.29, 1.82) is 5.26 Å². The van der Waals surface area contributed by atoms with Crippen LogP contribution >= 0.6 is 11.6 Å². The molecular formula is C17H17ClN2O3. The Hall–Kier alpha value is -2.29. The van der Waals surface area contributed by atoms with Crippen molar-refractivity contribution in [1.82, 2.24) is 4.90 Å². The van der Waals surface area contributed by atoms with Crippen molar-refractivity contribution in [3.8, 4) is 6.07 Å². The molecule has 120 valence electrons. The highest BCUT2D eigenvalue weighted by atomic mass is 35.5. The molecule has 0 aliphatic rings. The molecule has 1 heterocycles. The van der Waals surface area contributed by atoms with Crippen molar-refractivity contribution in [2.24, 2.45) is 0 Å². The number of halogens is 1. The Kier molecular flexibility index (Phi) is 6.21. The molecule has 0 fully saturated rings. The zero-order valence-electron chi connectivity index (χ0n) is 12.5. The van der Waals surface area contributed by atoms with Gasteiger partial charge in [-0.15, -0.1) is 0 Å². The lowest BCUT2D eigenvalue weighted by Gasteiger charge is -2.22. The standard InChI is InChI=1S/C17H17ClN2O3/c18-14-6-4-13(5-7-14)16(21)11-17(22)20(9-2-8-19)12-15-3-1-10-23-15/h1,3-7,10,16,21H,2,9,11-12H2.